The summed E-state index contributed by atoms with van der Waals surface area (Å²) in [5, 5.41) is 0. The summed E-state index contributed by atoms with van der Waals surface area (Å²) < 4.78 is 0. The largest absolute Gasteiger partial charge is 0.0882 e. The molecule has 6 aliphatic carbocycles. The Labute approximate surface area is 248 Å². The normalized spacial score (nSPS) is 47.0. The van der Waals surface area contributed by atoms with Crippen LogP contribution < -0.4 is 0 Å². The van der Waals surface area contributed by atoms with E-state index in [0.717, 1.165) is 40.9 Å². The van der Waals surface area contributed by atoms with Gasteiger partial charge in [-0.1, -0.05) is 83.6 Å². The second kappa shape index (κ2) is 10.6. The van der Waals surface area contributed by atoms with Gasteiger partial charge in [-0.15, -0.1) is 0 Å². The van der Waals surface area contributed by atoms with Crippen molar-refractivity contribution < 1.29 is 0 Å². The minimum atomic E-state index is 0.558. The third-order valence-electron chi connectivity index (χ3n) is 15.4. The molecule has 10 unspecified atom stereocenters. The predicted octanol–water partition coefficient (Wildman–Crippen LogP) is 11.9. The van der Waals surface area contributed by atoms with Crippen molar-refractivity contribution in [2.24, 2.45) is 63.1 Å². The highest BCUT2D eigenvalue weighted by atomic mass is 14.8. The van der Waals surface area contributed by atoms with Crippen LogP contribution in [0.2, 0.25) is 0 Å². The first-order valence-electron chi connectivity index (χ1n) is 17.8. The maximum absolute atomic E-state index is 2.82. The van der Waals surface area contributed by atoms with Crippen LogP contribution in [0.25, 0.3) is 0 Å². The molecule has 6 aliphatic rings. The monoisotopic (exact) mass is 542 g/mol. The van der Waals surface area contributed by atoms with E-state index < -0.39 is 0 Å². The molecule has 0 N–H and O–H groups in total. The minimum Gasteiger partial charge on any atom is -0.0882 e. The van der Waals surface area contributed by atoms with Crippen LogP contribution >= 0.6 is 0 Å². The van der Waals surface area contributed by atoms with Crippen LogP contribution in [-0.2, 0) is 0 Å². The molecule has 10 atom stereocenters. The second-order valence-electron chi connectivity index (χ2n) is 16.7. The average Bonchev–Trinajstić information content (AvgIpc) is 3.52. The van der Waals surface area contributed by atoms with Crippen molar-refractivity contribution in [2.45, 2.75) is 138 Å². The standard InChI is InChI=1S/C40H62/c1-8-32(28(2)3)18-17-29(4)34-22-23-38(7)36-20-19-35-30(5)33(16-12-15-31-13-10-9-11-14-31)21-24-39(35)27-40(36,39)26-25-37(34,38)6/h8,10,12-15,28-30,33-36H,9,11,16-27H2,1-7H3/b15-12+,32-8-. The van der Waals surface area contributed by atoms with Gasteiger partial charge in [0.05, 0.1) is 0 Å². The Morgan fingerprint density at radius 2 is 1.77 bits per heavy atom. The third kappa shape index (κ3) is 4.26. The molecule has 0 aromatic carbocycles. The van der Waals surface area contributed by atoms with E-state index in [-0.39, 0.29) is 0 Å². The zero-order valence-corrected chi connectivity index (χ0v) is 27.4. The molecule has 0 heterocycles. The van der Waals surface area contributed by atoms with Crippen molar-refractivity contribution in [1.29, 1.82) is 0 Å². The van der Waals surface area contributed by atoms with E-state index in [1.807, 2.05) is 0 Å². The summed E-state index contributed by atoms with van der Waals surface area (Å²) >= 11 is 0. The van der Waals surface area contributed by atoms with Gasteiger partial charge in [-0.25, -0.2) is 0 Å². The molecule has 5 fully saturated rings. The smallest absolute Gasteiger partial charge is 0.0199 e. The van der Waals surface area contributed by atoms with E-state index in [2.05, 4.69) is 84.9 Å². The molecule has 40 heavy (non-hydrogen) atoms. The molecule has 0 amide bonds. The summed E-state index contributed by atoms with van der Waals surface area (Å²) in [5.74, 6) is 6.33. The number of fused-ring (bicyclic) bond motifs is 2. The SMILES string of the molecule is C/C=C(/CCC(C)C1CCC2(C)C3CCC4C(C)C(C/C=C/C5=CCCC=C5)CCC45CC35CCC12C)C(C)C. The fraction of sp³-hybridized carbons (Fsp3) is 0.800. The van der Waals surface area contributed by atoms with E-state index in [9.17, 15) is 0 Å². The summed E-state index contributed by atoms with van der Waals surface area (Å²) in [5.41, 5.74) is 5.69. The summed E-state index contributed by atoms with van der Waals surface area (Å²) in [6, 6.07) is 0. The number of hydrogen-bond donors (Lipinski definition) is 0. The lowest BCUT2D eigenvalue weighted by atomic mass is 9.42. The van der Waals surface area contributed by atoms with Crippen LogP contribution in [0.15, 0.2) is 47.6 Å². The van der Waals surface area contributed by atoms with Gasteiger partial charge >= 0.3 is 0 Å². The zero-order valence-electron chi connectivity index (χ0n) is 27.4. The van der Waals surface area contributed by atoms with Crippen molar-refractivity contribution in [3.8, 4) is 0 Å². The fourth-order valence-corrected chi connectivity index (χ4v) is 12.9. The Morgan fingerprint density at radius 3 is 2.50 bits per heavy atom. The molecular weight excluding hydrogens is 480 g/mol. The van der Waals surface area contributed by atoms with Crippen molar-refractivity contribution >= 4 is 0 Å². The number of rotatable bonds is 8. The highest BCUT2D eigenvalue weighted by molar-refractivity contribution is 5.33. The Kier molecular flexibility index (Phi) is 7.69. The second-order valence-corrected chi connectivity index (χ2v) is 16.7. The highest BCUT2D eigenvalue weighted by Crippen LogP contribution is 2.88. The molecule has 222 valence electrons. The molecule has 0 aliphatic heterocycles. The van der Waals surface area contributed by atoms with Crippen molar-refractivity contribution in [3.05, 3.63) is 47.6 Å². The average molecular weight is 543 g/mol. The first kappa shape index (κ1) is 29.1. The number of allylic oxidation sites excluding steroid dienone is 8. The van der Waals surface area contributed by atoms with Crippen LogP contribution in [0.5, 0.6) is 0 Å². The molecule has 6 rings (SSSR count). The van der Waals surface area contributed by atoms with Gasteiger partial charge in [0.15, 0.2) is 0 Å². The molecule has 0 aromatic rings. The van der Waals surface area contributed by atoms with Gasteiger partial charge in [-0.05, 0) is 165 Å². The lowest BCUT2D eigenvalue weighted by molar-refractivity contribution is -0.137. The zero-order chi connectivity index (χ0) is 28.3. The molecule has 0 aromatic heterocycles. The summed E-state index contributed by atoms with van der Waals surface area (Å²) in [4.78, 5) is 0. The first-order chi connectivity index (χ1) is 19.1. The van der Waals surface area contributed by atoms with Crippen molar-refractivity contribution in [1.82, 2.24) is 0 Å². The van der Waals surface area contributed by atoms with Gasteiger partial charge in [0.2, 0.25) is 0 Å². The molecule has 0 heteroatoms. The van der Waals surface area contributed by atoms with E-state index in [4.69, 9.17) is 0 Å². The van der Waals surface area contributed by atoms with E-state index in [1.54, 1.807) is 31.3 Å². The van der Waals surface area contributed by atoms with Crippen LogP contribution in [0, 0.1) is 63.1 Å². The number of hydrogen-bond acceptors (Lipinski definition) is 0. The van der Waals surface area contributed by atoms with Gasteiger partial charge in [0.1, 0.15) is 0 Å². The van der Waals surface area contributed by atoms with Gasteiger partial charge < -0.3 is 0 Å². The minimum absolute atomic E-state index is 0.558. The van der Waals surface area contributed by atoms with Gasteiger partial charge in [0.25, 0.3) is 0 Å². The van der Waals surface area contributed by atoms with Crippen LogP contribution in [0.4, 0.5) is 0 Å². The Morgan fingerprint density at radius 1 is 0.950 bits per heavy atom. The summed E-state index contributed by atoms with van der Waals surface area (Å²) in [6.45, 7) is 17.9. The van der Waals surface area contributed by atoms with E-state index in [0.29, 0.717) is 22.2 Å². The van der Waals surface area contributed by atoms with Crippen LogP contribution in [0.3, 0.4) is 0 Å². The van der Waals surface area contributed by atoms with E-state index in [1.165, 1.54) is 69.8 Å². The van der Waals surface area contributed by atoms with Gasteiger partial charge in [0, 0.05) is 0 Å². The maximum atomic E-state index is 2.82. The molecule has 2 spiro atoms. The Bertz CT molecular complexity index is 1070. The predicted molar refractivity (Wildman–Crippen MR) is 173 cm³/mol. The topological polar surface area (TPSA) is 0 Å². The molecule has 0 radical (unpaired) electrons. The quantitative estimate of drug-likeness (QED) is 0.268. The van der Waals surface area contributed by atoms with Crippen molar-refractivity contribution in [2.75, 3.05) is 0 Å². The van der Waals surface area contributed by atoms with Crippen LogP contribution in [0.1, 0.15) is 138 Å². The lowest BCUT2D eigenvalue weighted by Gasteiger charge is -2.62. The van der Waals surface area contributed by atoms with Gasteiger partial charge in [-0.2, -0.15) is 0 Å². The third-order valence-corrected chi connectivity index (χ3v) is 15.4. The van der Waals surface area contributed by atoms with Crippen LogP contribution in [-0.4, -0.2) is 0 Å². The van der Waals surface area contributed by atoms with Gasteiger partial charge in [-0.3, -0.25) is 0 Å². The molecule has 5 saturated carbocycles. The maximum Gasteiger partial charge on any atom is -0.0199 e. The van der Waals surface area contributed by atoms with E-state index >= 15 is 0 Å². The molecule has 0 saturated heterocycles. The van der Waals surface area contributed by atoms with Crippen molar-refractivity contribution in [3.63, 3.8) is 0 Å². The molecular formula is C40H62. The molecule has 0 bridgehead atoms. The summed E-state index contributed by atoms with van der Waals surface area (Å²) in [7, 11) is 0. The first-order valence-corrected chi connectivity index (χ1v) is 17.8. The molecule has 0 nitrogen and oxygen atoms in total. The Hall–Kier alpha value is -1.04. The Balaban J connectivity index is 1.14. The fourth-order valence-electron chi connectivity index (χ4n) is 12.9. The highest BCUT2D eigenvalue weighted by Gasteiger charge is 2.81. The summed E-state index contributed by atoms with van der Waals surface area (Å²) in [6.07, 6.45) is 34.7. The lowest BCUT2D eigenvalue weighted by Crippen LogP contribution is -2.55.